The number of piperidine rings is 1. The van der Waals surface area contributed by atoms with Gasteiger partial charge in [-0.1, -0.05) is 6.07 Å². The molecule has 0 bridgehead atoms. The Morgan fingerprint density at radius 3 is 2.91 bits per heavy atom. The van der Waals surface area contributed by atoms with Gasteiger partial charge >= 0.3 is 0 Å². The molecule has 0 atom stereocenters. The first kappa shape index (κ1) is 15.5. The Kier molecular flexibility index (Phi) is 5.43. The van der Waals surface area contributed by atoms with E-state index in [0.717, 1.165) is 51.7 Å². The molecule has 4 nitrogen and oxygen atoms in total. The molecule has 0 aromatic carbocycles. The van der Waals surface area contributed by atoms with Crippen LogP contribution in [0.15, 0.2) is 12.1 Å². The van der Waals surface area contributed by atoms with Crippen molar-refractivity contribution in [2.24, 2.45) is 5.92 Å². The number of fused-ring (bicyclic) bond motifs is 1. The van der Waals surface area contributed by atoms with Crippen molar-refractivity contribution in [3.8, 4) is 0 Å². The highest BCUT2D eigenvalue weighted by atomic mass is 16.1. The number of nitrogens with one attached hydrogen (secondary N) is 2. The van der Waals surface area contributed by atoms with Crippen molar-refractivity contribution in [2.75, 3.05) is 19.6 Å². The number of hydrogen-bond donors (Lipinski definition) is 2. The first-order valence-corrected chi connectivity index (χ1v) is 8.79. The van der Waals surface area contributed by atoms with Gasteiger partial charge in [-0.3, -0.25) is 9.78 Å². The Bertz CT molecular complexity index is 509. The predicted molar refractivity (Wildman–Crippen MR) is 87.8 cm³/mol. The summed E-state index contributed by atoms with van der Waals surface area (Å²) < 4.78 is 0. The molecule has 1 aromatic heterocycles. The van der Waals surface area contributed by atoms with Gasteiger partial charge in [-0.25, -0.2) is 0 Å². The normalized spacial score (nSPS) is 18.7. The molecule has 120 valence electrons. The van der Waals surface area contributed by atoms with Gasteiger partial charge in [0, 0.05) is 23.9 Å². The number of carbonyl (C=O) groups excluding carboxylic acids is 1. The van der Waals surface area contributed by atoms with E-state index in [1.165, 1.54) is 36.2 Å². The van der Waals surface area contributed by atoms with Crippen LogP contribution in [0.3, 0.4) is 0 Å². The van der Waals surface area contributed by atoms with Crippen LogP contribution >= 0.6 is 0 Å². The standard InChI is InChI=1S/C18H27N3O/c22-18(15-9-12-19-13-10-15)20-11-3-5-16-8-7-14-4-1-2-6-17(14)21-16/h7-8,15,19H,1-6,9-13H2,(H,20,22). The van der Waals surface area contributed by atoms with Crippen LogP contribution in [-0.4, -0.2) is 30.5 Å². The highest BCUT2D eigenvalue weighted by Crippen LogP contribution is 2.19. The van der Waals surface area contributed by atoms with Gasteiger partial charge in [0.15, 0.2) is 0 Å². The van der Waals surface area contributed by atoms with E-state index < -0.39 is 0 Å². The smallest absolute Gasteiger partial charge is 0.223 e. The minimum absolute atomic E-state index is 0.211. The van der Waals surface area contributed by atoms with Gasteiger partial charge < -0.3 is 10.6 Å². The van der Waals surface area contributed by atoms with Crippen LogP contribution in [0, 0.1) is 5.92 Å². The number of aromatic nitrogens is 1. The summed E-state index contributed by atoms with van der Waals surface area (Å²) >= 11 is 0. The number of pyridine rings is 1. The van der Waals surface area contributed by atoms with Crippen molar-refractivity contribution in [1.82, 2.24) is 15.6 Å². The molecule has 3 rings (SSSR count). The molecule has 2 N–H and O–H groups in total. The lowest BCUT2D eigenvalue weighted by Crippen LogP contribution is -2.38. The van der Waals surface area contributed by atoms with E-state index in [1.807, 2.05) is 0 Å². The molecule has 0 unspecified atom stereocenters. The van der Waals surface area contributed by atoms with Gasteiger partial charge in [-0.15, -0.1) is 0 Å². The Morgan fingerprint density at radius 1 is 1.23 bits per heavy atom. The summed E-state index contributed by atoms with van der Waals surface area (Å²) in [6.45, 7) is 2.70. The molecule has 1 aliphatic carbocycles. The molecule has 22 heavy (non-hydrogen) atoms. The van der Waals surface area contributed by atoms with Gasteiger partial charge in [0.05, 0.1) is 0 Å². The van der Waals surface area contributed by atoms with Crippen molar-refractivity contribution in [3.63, 3.8) is 0 Å². The summed E-state index contributed by atoms with van der Waals surface area (Å²) in [4.78, 5) is 16.8. The van der Waals surface area contributed by atoms with E-state index in [4.69, 9.17) is 4.98 Å². The van der Waals surface area contributed by atoms with Crippen LogP contribution in [0.5, 0.6) is 0 Å². The predicted octanol–water partition coefficient (Wildman–Crippen LogP) is 2.01. The van der Waals surface area contributed by atoms with Gasteiger partial charge in [-0.05, 0) is 76.1 Å². The maximum absolute atomic E-state index is 12.0. The molecule has 1 aromatic rings. The first-order valence-electron chi connectivity index (χ1n) is 8.79. The Morgan fingerprint density at radius 2 is 2.05 bits per heavy atom. The zero-order chi connectivity index (χ0) is 15.2. The third-order valence-corrected chi connectivity index (χ3v) is 4.85. The average molecular weight is 301 g/mol. The summed E-state index contributed by atoms with van der Waals surface area (Å²) in [5.41, 5.74) is 3.92. The molecule has 1 aliphatic heterocycles. The third kappa shape index (κ3) is 4.07. The lowest BCUT2D eigenvalue weighted by Gasteiger charge is -2.21. The van der Waals surface area contributed by atoms with Gasteiger partial charge in [-0.2, -0.15) is 0 Å². The summed E-state index contributed by atoms with van der Waals surface area (Å²) in [7, 11) is 0. The molecule has 1 fully saturated rings. The fraction of sp³-hybridized carbons (Fsp3) is 0.667. The molecule has 4 heteroatoms. The van der Waals surface area contributed by atoms with Crippen molar-refractivity contribution < 1.29 is 4.79 Å². The van der Waals surface area contributed by atoms with Crippen molar-refractivity contribution in [1.29, 1.82) is 0 Å². The zero-order valence-corrected chi connectivity index (χ0v) is 13.4. The first-order chi connectivity index (χ1) is 10.8. The topological polar surface area (TPSA) is 54.0 Å². The van der Waals surface area contributed by atoms with Crippen LogP contribution in [0.1, 0.15) is 49.1 Å². The lowest BCUT2D eigenvalue weighted by atomic mass is 9.95. The Hall–Kier alpha value is -1.42. The molecule has 0 radical (unpaired) electrons. The number of carbonyl (C=O) groups is 1. The largest absolute Gasteiger partial charge is 0.356 e. The van der Waals surface area contributed by atoms with E-state index >= 15 is 0 Å². The number of nitrogens with zero attached hydrogens (tertiary/aromatic N) is 1. The van der Waals surface area contributed by atoms with Crippen LogP contribution in [0.25, 0.3) is 0 Å². The van der Waals surface area contributed by atoms with E-state index in [1.54, 1.807) is 0 Å². The molecule has 0 saturated carbocycles. The lowest BCUT2D eigenvalue weighted by molar-refractivity contribution is -0.125. The SMILES string of the molecule is O=C(NCCCc1ccc2c(n1)CCCC2)C1CCNCC1. The second-order valence-corrected chi connectivity index (χ2v) is 6.53. The highest BCUT2D eigenvalue weighted by molar-refractivity contribution is 5.78. The van der Waals surface area contributed by atoms with Crippen molar-refractivity contribution in [3.05, 3.63) is 29.1 Å². The van der Waals surface area contributed by atoms with Gasteiger partial charge in [0.2, 0.25) is 5.91 Å². The fourth-order valence-electron chi connectivity index (χ4n) is 3.48. The van der Waals surface area contributed by atoms with Crippen molar-refractivity contribution in [2.45, 2.75) is 51.4 Å². The minimum Gasteiger partial charge on any atom is -0.356 e. The molecule has 2 aliphatic rings. The van der Waals surface area contributed by atoms with E-state index in [-0.39, 0.29) is 11.8 Å². The van der Waals surface area contributed by atoms with Crippen LogP contribution in [0.2, 0.25) is 0 Å². The molecule has 1 saturated heterocycles. The number of aryl methyl sites for hydroxylation is 3. The van der Waals surface area contributed by atoms with E-state index in [9.17, 15) is 4.79 Å². The molecular formula is C18H27N3O. The number of rotatable bonds is 5. The van der Waals surface area contributed by atoms with Crippen molar-refractivity contribution >= 4 is 5.91 Å². The zero-order valence-electron chi connectivity index (χ0n) is 13.4. The highest BCUT2D eigenvalue weighted by Gasteiger charge is 2.20. The average Bonchev–Trinajstić information content (AvgIpc) is 2.59. The Balaban J connectivity index is 1.40. The van der Waals surface area contributed by atoms with Crippen LogP contribution in [-0.2, 0) is 24.1 Å². The molecule has 1 amide bonds. The minimum atomic E-state index is 0.211. The second-order valence-electron chi connectivity index (χ2n) is 6.53. The maximum Gasteiger partial charge on any atom is 0.223 e. The molecule has 0 spiro atoms. The molecule has 2 heterocycles. The Labute approximate surface area is 133 Å². The fourth-order valence-corrected chi connectivity index (χ4v) is 3.48. The third-order valence-electron chi connectivity index (χ3n) is 4.85. The van der Waals surface area contributed by atoms with Crippen LogP contribution in [0.4, 0.5) is 0 Å². The monoisotopic (exact) mass is 301 g/mol. The number of hydrogen-bond acceptors (Lipinski definition) is 3. The summed E-state index contributed by atoms with van der Waals surface area (Å²) in [5, 5.41) is 6.39. The summed E-state index contributed by atoms with van der Waals surface area (Å²) in [5.74, 6) is 0.447. The summed E-state index contributed by atoms with van der Waals surface area (Å²) in [6.07, 6.45) is 8.77. The summed E-state index contributed by atoms with van der Waals surface area (Å²) in [6, 6.07) is 4.42. The van der Waals surface area contributed by atoms with Crippen LogP contribution < -0.4 is 10.6 Å². The second kappa shape index (κ2) is 7.73. The molecular weight excluding hydrogens is 274 g/mol. The van der Waals surface area contributed by atoms with E-state index in [0.29, 0.717) is 0 Å². The van der Waals surface area contributed by atoms with E-state index in [2.05, 4.69) is 22.8 Å². The number of amides is 1. The quantitative estimate of drug-likeness (QED) is 0.818. The van der Waals surface area contributed by atoms with Gasteiger partial charge in [0.25, 0.3) is 0 Å². The van der Waals surface area contributed by atoms with Gasteiger partial charge in [0.1, 0.15) is 0 Å². The maximum atomic E-state index is 12.0.